The Morgan fingerprint density at radius 3 is 2.67 bits per heavy atom. The third kappa shape index (κ3) is 3.39. The molecule has 0 radical (unpaired) electrons. The monoisotopic (exact) mass is 509 g/mol. The average molecular weight is 510 g/mol. The fraction of sp³-hybridized carbons (Fsp3) is 0.714. The highest BCUT2D eigenvalue weighted by atomic mass is 19.1. The molecule has 0 aromatic carbocycles. The first-order valence-corrected chi connectivity index (χ1v) is 12.5. The van der Waals surface area contributed by atoms with E-state index in [0.29, 0.717) is 12.0 Å². The molecule has 8 heteroatoms. The number of fused-ring (bicyclic) bond motifs is 5. The van der Waals surface area contributed by atoms with Crippen LogP contribution in [0.25, 0.3) is 0 Å². The number of carbonyl (C=O) groups is 4. The number of aliphatic hydroxyl groups is 1. The van der Waals surface area contributed by atoms with Gasteiger partial charge in [0.25, 0.3) is 0 Å². The third-order valence-corrected chi connectivity index (χ3v) is 9.60. The number of ether oxygens (including phenoxy) is 2. The van der Waals surface area contributed by atoms with Crippen molar-refractivity contribution in [1.29, 1.82) is 0 Å². The summed E-state index contributed by atoms with van der Waals surface area (Å²) in [7, 11) is 0. The molecule has 0 spiro atoms. The lowest BCUT2D eigenvalue weighted by atomic mass is 9.44. The molecule has 4 aliphatic carbocycles. The molecule has 4 rings (SSSR count). The van der Waals surface area contributed by atoms with Crippen LogP contribution in [0.4, 0.5) is 4.39 Å². The maximum absolute atomic E-state index is 17.5. The van der Waals surface area contributed by atoms with E-state index in [0.717, 1.165) is 0 Å². The van der Waals surface area contributed by atoms with Crippen molar-refractivity contribution in [3.05, 3.63) is 23.8 Å². The van der Waals surface area contributed by atoms with Gasteiger partial charge in [0.1, 0.15) is 0 Å². The third-order valence-electron chi connectivity index (χ3n) is 9.60. The molecule has 8 unspecified atom stereocenters. The number of aliphatic hydroxyl groups excluding tert-OH is 1. The summed E-state index contributed by atoms with van der Waals surface area (Å²) < 4.78 is 65.4. The van der Waals surface area contributed by atoms with Crippen LogP contribution in [0.5, 0.6) is 0 Å². The molecule has 0 saturated heterocycles. The van der Waals surface area contributed by atoms with Crippen molar-refractivity contribution in [3.8, 4) is 0 Å². The zero-order chi connectivity index (χ0) is 31.0. The van der Waals surface area contributed by atoms with Crippen LogP contribution in [0.3, 0.4) is 0 Å². The molecule has 0 bridgehead atoms. The van der Waals surface area contributed by atoms with Crippen molar-refractivity contribution in [3.63, 3.8) is 0 Å². The highest BCUT2D eigenvalue weighted by Gasteiger charge is 2.77. The summed E-state index contributed by atoms with van der Waals surface area (Å²) in [6, 6.07) is 0. The van der Waals surface area contributed by atoms with Crippen LogP contribution in [0.15, 0.2) is 23.8 Å². The largest absolute Gasteiger partial charge is 0.457 e. The van der Waals surface area contributed by atoms with Crippen LogP contribution in [0.2, 0.25) is 0 Å². The smallest absolute Gasteiger partial charge is 0.306 e. The van der Waals surface area contributed by atoms with Gasteiger partial charge in [0, 0.05) is 42.3 Å². The Hall–Kier alpha value is -2.35. The van der Waals surface area contributed by atoms with Crippen LogP contribution in [0, 0.1) is 28.6 Å². The molecule has 3 saturated carbocycles. The molecule has 0 heterocycles. The van der Waals surface area contributed by atoms with E-state index in [1.165, 1.54) is 25.2 Å². The lowest BCUT2D eigenvalue weighted by Gasteiger charge is -2.62. The van der Waals surface area contributed by atoms with Gasteiger partial charge in [-0.3, -0.25) is 19.2 Å². The minimum atomic E-state index is -3.39. The molecule has 3 fully saturated rings. The minimum Gasteiger partial charge on any atom is -0.457 e. The summed E-state index contributed by atoms with van der Waals surface area (Å²) in [6.07, 6.45) is -0.255. The quantitative estimate of drug-likeness (QED) is 0.543. The maximum atomic E-state index is 17.5. The SMILES string of the molecule is [2H]C([2H])([2H])C([2H])([2H])C(=O)OCC(=O)C1(OC(=O)CC)C(C)CC2C3CCC4=CC(=O)C=CC4(C)C3(F)C(O)CC21C. The van der Waals surface area contributed by atoms with Gasteiger partial charge in [-0.2, -0.15) is 0 Å². The second-order valence-electron chi connectivity index (χ2n) is 11.1. The predicted octanol–water partition coefficient (Wildman–Crippen LogP) is 3.82. The molecule has 0 aromatic rings. The highest BCUT2D eigenvalue weighted by Crippen LogP contribution is 2.71. The summed E-state index contributed by atoms with van der Waals surface area (Å²) in [4.78, 5) is 51.2. The molecule has 7 nitrogen and oxygen atoms in total. The maximum Gasteiger partial charge on any atom is 0.306 e. The number of ketones is 2. The first-order chi connectivity index (χ1) is 18.7. The van der Waals surface area contributed by atoms with Gasteiger partial charge in [-0.05, 0) is 50.7 Å². The van der Waals surface area contributed by atoms with Crippen molar-refractivity contribution in [1.82, 2.24) is 0 Å². The van der Waals surface area contributed by atoms with Gasteiger partial charge in [-0.15, -0.1) is 0 Å². The number of hydrogen-bond donors (Lipinski definition) is 1. The number of halogens is 1. The standard InChI is InChI=1S/C28H37FO7/c1-6-23(33)35-15-22(32)28(36-24(34)7-2)16(3)12-20-19-9-8-17-13-18(30)10-11-25(17,4)27(19,29)21(31)14-26(20,28)5/h10-11,13,16,19-21,31H,6-9,12,14-15H2,1-5H3/i1D3,6D2. The number of hydrogen-bond acceptors (Lipinski definition) is 7. The summed E-state index contributed by atoms with van der Waals surface area (Å²) in [5.74, 6) is -5.69. The Morgan fingerprint density at radius 1 is 1.28 bits per heavy atom. The van der Waals surface area contributed by atoms with Crippen LogP contribution in [0.1, 0.15) is 79.9 Å². The molecule has 0 aromatic heterocycles. The van der Waals surface area contributed by atoms with Crippen molar-refractivity contribution in [2.75, 3.05) is 6.61 Å². The first-order valence-electron chi connectivity index (χ1n) is 15.0. The van der Waals surface area contributed by atoms with Gasteiger partial charge >= 0.3 is 11.9 Å². The zero-order valence-electron chi connectivity index (χ0n) is 26.1. The van der Waals surface area contributed by atoms with Crippen LogP contribution in [-0.4, -0.2) is 52.6 Å². The van der Waals surface area contributed by atoms with Crippen LogP contribution < -0.4 is 0 Å². The van der Waals surface area contributed by atoms with Crippen LogP contribution >= 0.6 is 0 Å². The van der Waals surface area contributed by atoms with E-state index < -0.39 is 83.5 Å². The number of alkyl halides is 1. The molecule has 8 atom stereocenters. The highest BCUT2D eigenvalue weighted by molar-refractivity contribution is 6.01. The Balaban J connectivity index is 1.75. The number of allylic oxidation sites excluding steroid dienone is 4. The lowest BCUT2D eigenvalue weighted by Crippen LogP contribution is -2.70. The Morgan fingerprint density at radius 2 is 2.00 bits per heavy atom. The van der Waals surface area contributed by atoms with E-state index in [9.17, 15) is 24.3 Å². The van der Waals surface area contributed by atoms with E-state index in [1.807, 2.05) is 0 Å². The first kappa shape index (κ1) is 20.7. The van der Waals surface area contributed by atoms with E-state index >= 15 is 4.39 Å². The minimum absolute atomic E-state index is 0.103. The van der Waals surface area contributed by atoms with Crippen molar-refractivity contribution in [2.45, 2.75) is 90.4 Å². The fourth-order valence-corrected chi connectivity index (χ4v) is 7.92. The Bertz CT molecular complexity index is 1230. The van der Waals surface area contributed by atoms with E-state index in [4.69, 9.17) is 16.3 Å². The van der Waals surface area contributed by atoms with Crippen molar-refractivity contribution in [2.24, 2.45) is 28.6 Å². The van der Waals surface area contributed by atoms with Crippen molar-refractivity contribution >= 4 is 23.5 Å². The molecule has 36 heavy (non-hydrogen) atoms. The molecule has 0 amide bonds. The van der Waals surface area contributed by atoms with Crippen LogP contribution in [-0.2, 0) is 28.7 Å². The lowest BCUT2D eigenvalue weighted by molar-refractivity contribution is -0.228. The van der Waals surface area contributed by atoms with E-state index in [1.54, 1.807) is 20.8 Å². The molecule has 4 aliphatic rings. The molecule has 0 aliphatic heterocycles. The second kappa shape index (κ2) is 8.89. The van der Waals surface area contributed by atoms with E-state index in [2.05, 4.69) is 0 Å². The number of carbonyl (C=O) groups excluding carboxylic acids is 4. The molecule has 1 N–H and O–H groups in total. The topological polar surface area (TPSA) is 107 Å². The van der Waals surface area contributed by atoms with Gasteiger partial charge in [0.05, 0.1) is 6.10 Å². The number of rotatable bonds is 6. The Kier molecular flexibility index (Phi) is 5.11. The fourth-order valence-electron chi connectivity index (χ4n) is 7.92. The molecular weight excluding hydrogens is 467 g/mol. The number of Topliss-reactive ketones (excluding diaryl/α,β-unsaturated/α-hetero) is 1. The molecular formula is C28H37FO7. The van der Waals surface area contributed by atoms with Gasteiger partial charge < -0.3 is 14.6 Å². The van der Waals surface area contributed by atoms with Gasteiger partial charge in [0.2, 0.25) is 5.78 Å². The predicted molar refractivity (Wildman–Crippen MR) is 128 cm³/mol. The molecule has 198 valence electrons. The summed E-state index contributed by atoms with van der Waals surface area (Å²) >= 11 is 0. The second-order valence-corrected chi connectivity index (χ2v) is 11.1. The number of esters is 2. The van der Waals surface area contributed by atoms with E-state index in [-0.39, 0.29) is 31.5 Å². The van der Waals surface area contributed by atoms with Gasteiger partial charge in [-0.25, -0.2) is 4.39 Å². The normalized spacial score (nSPS) is 45.9. The van der Waals surface area contributed by atoms with Gasteiger partial charge in [0.15, 0.2) is 23.7 Å². The summed E-state index contributed by atoms with van der Waals surface area (Å²) in [5.41, 5.74) is -6.13. The zero-order valence-corrected chi connectivity index (χ0v) is 21.1. The van der Waals surface area contributed by atoms with Crippen molar-refractivity contribution < 1.29 is 45.0 Å². The Labute approximate surface area is 218 Å². The average Bonchev–Trinajstić information content (AvgIpc) is 3.09. The summed E-state index contributed by atoms with van der Waals surface area (Å²) in [6.45, 7) is 2.08. The summed E-state index contributed by atoms with van der Waals surface area (Å²) in [5, 5.41) is 11.6. The van der Waals surface area contributed by atoms with Gasteiger partial charge in [-0.1, -0.05) is 39.3 Å².